The lowest BCUT2D eigenvalue weighted by Crippen LogP contribution is -2.41. The number of fused-ring (bicyclic) bond motifs is 1. The standard InChI is InChI=1S/C31H35N5O4/c1-2-11-36-28-27(26(29(36)33-12-4-3-5-13-33)30(38)34-14-16-40-17-15-34)32-21-35(31(28)39)20-25(37)24-8-6-7-23(19-24)18-22-9-10-22/h6-8,19,21-22H,3-5,9-10,12-18,20H2,1H3. The normalized spacial score (nSPS) is 17.5. The van der Waals surface area contributed by atoms with Gasteiger partial charge in [0.2, 0.25) is 0 Å². The molecule has 40 heavy (non-hydrogen) atoms. The third kappa shape index (κ3) is 5.16. The second kappa shape index (κ2) is 11.3. The molecule has 1 saturated carbocycles. The van der Waals surface area contributed by atoms with Crippen molar-refractivity contribution in [3.05, 3.63) is 57.6 Å². The van der Waals surface area contributed by atoms with Crippen molar-refractivity contribution in [2.45, 2.75) is 52.0 Å². The van der Waals surface area contributed by atoms with E-state index in [2.05, 4.69) is 27.9 Å². The van der Waals surface area contributed by atoms with E-state index in [0.29, 0.717) is 48.8 Å². The minimum atomic E-state index is -0.380. The Kier molecular flexibility index (Phi) is 7.44. The van der Waals surface area contributed by atoms with Crippen LogP contribution in [0.25, 0.3) is 11.0 Å². The molecule has 2 saturated heterocycles. The Bertz CT molecular complexity index is 1560. The molecule has 3 fully saturated rings. The first-order valence-corrected chi connectivity index (χ1v) is 14.4. The number of carbonyl (C=O) groups excluding carboxylic acids is 2. The molecule has 2 aliphatic heterocycles. The van der Waals surface area contributed by atoms with E-state index in [1.807, 2.05) is 12.1 Å². The molecule has 0 atom stereocenters. The highest BCUT2D eigenvalue weighted by Gasteiger charge is 2.33. The predicted octanol–water partition coefficient (Wildman–Crippen LogP) is 3.33. The average molecular weight is 542 g/mol. The van der Waals surface area contributed by atoms with Crippen molar-refractivity contribution < 1.29 is 14.3 Å². The Morgan fingerprint density at radius 2 is 1.85 bits per heavy atom. The molecule has 1 amide bonds. The molecular weight excluding hydrogens is 506 g/mol. The van der Waals surface area contributed by atoms with Crippen LogP contribution >= 0.6 is 0 Å². The topological polar surface area (TPSA) is 89.7 Å². The number of rotatable bonds is 7. The van der Waals surface area contributed by atoms with Gasteiger partial charge in [0.25, 0.3) is 11.5 Å². The van der Waals surface area contributed by atoms with E-state index in [9.17, 15) is 14.4 Å². The summed E-state index contributed by atoms with van der Waals surface area (Å²) in [6.45, 7) is 5.04. The lowest BCUT2D eigenvalue weighted by atomic mass is 10.0. The Labute approximate surface area is 233 Å². The van der Waals surface area contributed by atoms with Gasteiger partial charge in [0.05, 0.1) is 26.1 Å². The summed E-state index contributed by atoms with van der Waals surface area (Å²) in [6, 6.07) is 10.8. The van der Waals surface area contributed by atoms with Gasteiger partial charge in [-0.3, -0.25) is 19.0 Å². The van der Waals surface area contributed by atoms with Crippen molar-refractivity contribution in [3.63, 3.8) is 0 Å². The van der Waals surface area contributed by atoms with E-state index in [0.717, 1.165) is 50.3 Å². The fourth-order valence-corrected chi connectivity index (χ4v) is 5.82. The van der Waals surface area contributed by atoms with Crippen LogP contribution in [0.1, 0.15) is 65.3 Å². The average Bonchev–Trinajstić information content (AvgIpc) is 3.74. The van der Waals surface area contributed by atoms with Gasteiger partial charge in [-0.1, -0.05) is 24.1 Å². The maximum Gasteiger partial charge on any atom is 0.279 e. The Morgan fingerprint density at radius 1 is 1.07 bits per heavy atom. The van der Waals surface area contributed by atoms with Crippen LogP contribution in [0.5, 0.6) is 0 Å². The smallest absolute Gasteiger partial charge is 0.279 e. The second-order valence-corrected chi connectivity index (χ2v) is 11.0. The molecule has 0 radical (unpaired) electrons. The van der Waals surface area contributed by atoms with Crippen molar-refractivity contribution in [2.24, 2.45) is 5.92 Å². The number of ether oxygens (including phenoxy) is 1. The zero-order valence-electron chi connectivity index (χ0n) is 23.0. The number of piperidine rings is 1. The molecule has 3 aromatic rings. The minimum absolute atomic E-state index is 0.134. The van der Waals surface area contributed by atoms with Crippen molar-refractivity contribution in [1.29, 1.82) is 0 Å². The maximum absolute atomic E-state index is 14.0. The van der Waals surface area contributed by atoms with Gasteiger partial charge in [0.15, 0.2) is 5.78 Å². The van der Waals surface area contributed by atoms with Crippen LogP contribution in [0, 0.1) is 17.9 Å². The maximum atomic E-state index is 14.0. The van der Waals surface area contributed by atoms with Crippen LogP contribution in [0.2, 0.25) is 0 Å². The molecule has 9 nitrogen and oxygen atoms in total. The first-order chi connectivity index (χ1) is 19.5. The quantitative estimate of drug-likeness (QED) is 0.337. The lowest BCUT2D eigenvalue weighted by molar-refractivity contribution is 0.0304. The molecule has 208 valence electrons. The number of nitrogens with zero attached hydrogens (tertiary/aromatic N) is 5. The number of Topliss-reactive ketones (excluding diaryl/α,β-unsaturated/α-hetero) is 1. The highest BCUT2D eigenvalue weighted by atomic mass is 16.5. The van der Waals surface area contributed by atoms with Crippen LogP contribution in [-0.2, 0) is 17.7 Å². The molecule has 1 aliphatic carbocycles. The van der Waals surface area contributed by atoms with Gasteiger partial charge in [-0.2, -0.15) is 0 Å². The van der Waals surface area contributed by atoms with Gasteiger partial charge in [-0.15, -0.1) is 0 Å². The second-order valence-electron chi connectivity index (χ2n) is 11.0. The molecule has 4 heterocycles. The van der Waals surface area contributed by atoms with Gasteiger partial charge < -0.3 is 14.5 Å². The highest BCUT2D eigenvalue weighted by molar-refractivity contribution is 6.11. The van der Waals surface area contributed by atoms with Crippen LogP contribution in [0.15, 0.2) is 35.4 Å². The summed E-state index contributed by atoms with van der Waals surface area (Å²) in [7, 11) is 0. The number of benzene rings is 1. The van der Waals surface area contributed by atoms with Crippen LogP contribution in [0.4, 0.5) is 5.82 Å². The number of amides is 1. The van der Waals surface area contributed by atoms with E-state index >= 15 is 0 Å². The third-order valence-electron chi connectivity index (χ3n) is 8.09. The van der Waals surface area contributed by atoms with Crippen LogP contribution in [0.3, 0.4) is 0 Å². The molecule has 0 spiro atoms. The summed E-state index contributed by atoms with van der Waals surface area (Å²) in [5.74, 6) is 3.95. The molecule has 9 heteroatoms. The molecule has 3 aliphatic rings. The van der Waals surface area contributed by atoms with Crippen molar-refractivity contribution in [2.75, 3.05) is 44.3 Å². The fourth-order valence-electron chi connectivity index (χ4n) is 5.82. The molecule has 0 bridgehead atoms. The van der Waals surface area contributed by atoms with E-state index in [1.54, 1.807) is 22.5 Å². The Hall–Kier alpha value is -3.90. The van der Waals surface area contributed by atoms with Gasteiger partial charge >= 0.3 is 0 Å². The summed E-state index contributed by atoms with van der Waals surface area (Å²) < 4.78 is 8.45. The van der Waals surface area contributed by atoms with Crippen LogP contribution in [-0.4, -0.2) is 70.1 Å². The summed E-state index contributed by atoms with van der Waals surface area (Å²) in [6.07, 6.45) is 7.99. The summed E-state index contributed by atoms with van der Waals surface area (Å²) in [5.41, 5.74) is 2.34. The molecule has 1 aromatic carbocycles. The Balaban J connectivity index is 1.43. The number of morpholine rings is 1. The van der Waals surface area contributed by atoms with Gasteiger partial charge in [-0.05, 0) is 63.0 Å². The van der Waals surface area contributed by atoms with Gasteiger partial charge in [-0.25, -0.2) is 9.55 Å². The molecular formula is C31H35N5O4. The zero-order chi connectivity index (χ0) is 27.6. The first-order valence-electron chi connectivity index (χ1n) is 14.4. The van der Waals surface area contributed by atoms with Crippen molar-refractivity contribution in [3.8, 4) is 12.0 Å². The minimum Gasteiger partial charge on any atom is -0.378 e. The molecule has 6 rings (SSSR count). The number of anilines is 1. The van der Waals surface area contributed by atoms with Gasteiger partial charge in [0.1, 0.15) is 22.4 Å². The SMILES string of the molecule is CC#Cn1c(N2CCCCC2)c(C(=O)N2CCOCC2)c2ncn(CC(=O)c3cccc(CC4CC4)c3)c(=O)c21. The van der Waals surface area contributed by atoms with Gasteiger partial charge in [0, 0.05) is 37.8 Å². The van der Waals surface area contributed by atoms with Crippen molar-refractivity contribution >= 4 is 28.5 Å². The number of carbonyl (C=O) groups is 2. The monoisotopic (exact) mass is 541 g/mol. The fraction of sp³-hybridized carbons (Fsp3) is 0.484. The van der Waals surface area contributed by atoms with E-state index < -0.39 is 0 Å². The van der Waals surface area contributed by atoms with E-state index in [4.69, 9.17) is 4.74 Å². The van der Waals surface area contributed by atoms with E-state index in [1.165, 1.54) is 23.7 Å². The summed E-state index contributed by atoms with van der Waals surface area (Å²) in [5, 5.41) is 0. The predicted molar refractivity (Wildman–Crippen MR) is 153 cm³/mol. The molecule has 0 unspecified atom stereocenters. The number of aromatic nitrogens is 3. The summed E-state index contributed by atoms with van der Waals surface area (Å²) >= 11 is 0. The highest BCUT2D eigenvalue weighted by Crippen LogP contribution is 2.34. The molecule has 0 N–H and O–H groups in total. The number of hydrogen-bond donors (Lipinski definition) is 0. The lowest BCUT2D eigenvalue weighted by Gasteiger charge is -2.31. The molecule has 2 aromatic heterocycles. The van der Waals surface area contributed by atoms with E-state index in [-0.39, 0.29) is 29.3 Å². The third-order valence-corrected chi connectivity index (χ3v) is 8.09. The van der Waals surface area contributed by atoms with Crippen LogP contribution < -0.4 is 10.5 Å². The number of ketones is 1. The number of hydrogen-bond acceptors (Lipinski definition) is 6. The first kappa shape index (κ1) is 26.3. The largest absolute Gasteiger partial charge is 0.378 e. The van der Waals surface area contributed by atoms with Crippen molar-refractivity contribution in [1.82, 2.24) is 19.0 Å². The summed E-state index contributed by atoms with van der Waals surface area (Å²) in [4.78, 5) is 49.8. The Morgan fingerprint density at radius 3 is 2.58 bits per heavy atom. The zero-order valence-corrected chi connectivity index (χ0v) is 23.0.